The highest BCUT2D eigenvalue weighted by Gasteiger charge is 2.16. The topological polar surface area (TPSA) is 62.6 Å². The van der Waals surface area contributed by atoms with Crippen LogP contribution in [0.15, 0.2) is 22.8 Å². The van der Waals surface area contributed by atoms with E-state index in [4.69, 9.17) is 4.42 Å². The molecule has 1 N–H and O–H groups in total. The van der Waals surface area contributed by atoms with Crippen molar-refractivity contribution in [3.8, 4) is 0 Å². The minimum absolute atomic E-state index is 0.0703. The van der Waals surface area contributed by atoms with E-state index in [2.05, 4.69) is 5.32 Å². The molecule has 0 bridgehead atoms. The fraction of sp³-hybridized carbons (Fsp3) is 0.538. The first kappa shape index (κ1) is 14.4. The highest BCUT2D eigenvalue weighted by atomic mass is 16.3. The number of furan rings is 1. The molecular weight excluding hydrogens is 232 g/mol. The third-order valence-corrected chi connectivity index (χ3v) is 2.43. The molecule has 0 aliphatic carbocycles. The van der Waals surface area contributed by atoms with Gasteiger partial charge in [0.1, 0.15) is 0 Å². The van der Waals surface area contributed by atoms with Gasteiger partial charge in [0, 0.05) is 6.04 Å². The molecule has 5 heteroatoms. The van der Waals surface area contributed by atoms with Crippen LogP contribution in [0.2, 0.25) is 0 Å². The van der Waals surface area contributed by atoms with E-state index in [0.717, 1.165) is 0 Å². The highest BCUT2D eigenvalue weighted by Crippen LogP contribution is 2.03. The second-order valence-electron chi connectivity index (χ2n) is 4.43. The summed E-state index contributed by atoms with van der Waals surface area (Å²) in [7, 11) is 0. The van der Waals surface area contributed by atoms with Crippen LogP contribution in [0.3, 0.4) is 0 Å². The van der Waals surface area contributed by atoms with E-state index in [1.54, 1.807) is 17.0 Å². The number of amides is 1. The van der Waals surface area contributed by atoms with Gasteiger partial charge in [0.25, 0.3) is 0 Å². The van der Waals surface area contributed by atoms with E-state index >= 15 is 0 Å². The van der Waals surface area contributed by atoms with Gasteiger partial charge >= 0.3 is 0 Å². The molecule has 1 rings (SSSR count). The van der Waals surface area contributed by atoms with Crippen LogP contribution in [0.4, 0.5) is 0 Å². The summed E-state index contributed by atoms with van der Waals surface area (Å²) >= 11 is 0. The number of Topliss-reactive ketones (excluding diaryl/α,β-unsaturated/α-hetero) is 1. The molecule has 1 aromatic heterocycles. The summed E-state index contributed by atoms with van der Waals surface area (Å²) in [5.41, 5.74) is 0. The summed E-state index contributed by atoms with van der Waals surface area (Å²) < 4.78 is 5.03. The summed E-state index contributed by atoms with van der Waals surface area (Å²) in [6.07, 6.45) is 1.47. The van der Waals surface area contributed by atoms with Gasteiger partial charge in [-0.1, -0.05) is 6.92 Å². The van der Waals surface area contributed by atoms with E-state index in [0.29, 0.717) is 12.3 Å². The van der Waals surface area contributed by atoms with Gasteiger partial charge in [-0.15, -0.1) is 0 Å². The first-order valence-corrected chi connectivity index (χ1v) is 6.11. The smallest absolute Gasteiger partial charge is 0.234 e. The molecule has 0 aliphatic rings. The van der Waals surface area contributed by atoms with Crippen LogP contribution >= 0.6 is 0 Å². The van der Waals surface area contributed by atoms with Gasteiger partial charge in [0.15, 0.2) is 5.76 Å². The van der Waals surface area contributed by atoms with Gasteiger partial charge in [-0.05, 0) is 32.5 Å². The van der Waals surface area contributed by atoms with E-state index in [1.165, 1.54) is 6.26 Å². The number of hydrogen-bond acceptors (Lipinski definition) is 4. The van der Waals surface area contributed by atoms with Crippen molar-refractivity contribution in [1.29, 1.82) is 0 Å². The molecule has 0 saturated heterocycles. The number of nitrogens with one attached hydrogen (secondary N) is 1. The van der Waals surface area contributed by atoms with Crippen LogP contribution < -0.4 is 5.32 Å². The summed E-state index contributed by atoms with van der Waals surface area (Å²) in [6.45, 7) is 6.77. The maximum absolute atomic E-state index is 11.8. The Bertz CT molecular complexity index is 385. The molecule has 1 heterocycles. The number of carbonyl (C=O) groups is 2. The van der Waals surface area contributed by atoms with Crippen LogP contribution in [-0.4, -0.2) is 42.3 Å². The van der Waals surface area contributed by atoms with E-state index in [9.17, 15) is 9.59 Å². The Kier molecular flexibility index (Phi) is 5.58. The summed E-state index contributed by atoms with van der Waals surface area (Å²) in [5, 5.41) is 2.80. The molecule has 100 valence electrons. The predicted molar refractivity (Wildman–Crippen MR) is 68.4 cm³/mol. The SMILES string of the molecule is CCN(CC(=O)NC(C)C)CC(=O)c1ccco1. The molecule has 0 atom stereocenters. The van der Waals surface area contributed by atoms with Gasteiger partial charge in [0.05, 0.1) is 19.4 Å². The maximum atomic E-state index is 11.8. The average molecular weight is 252 g/mol. The Morgan fingerprint density at radius 2 is 2.11 bits per heavy atom. The predicted octanol–water partition coefficient (Wildman–Crippen LogP) is 1.31. The Morgan fingerprint density at radius 3 is 2.61 bits per heavy atom. The minimum Gasteiger partial charge on any atom is -0.461 e. The highest BCUT2D eigenvalue weighted by molar-refractivity contribution is 5.95. The summed E-state index contributed by atoms with van der Waals surface area (Å²) in [5.74, 6) is 0.149. The molecule has 0 saturated carbocycles. The summed E-state index contributed by atoms with van der Waals surface area (Å²) in [6, 6.07) is 3.41. The number of ketones is 1. The zero-order valence-electron chi connectivity index (χ0n) is 11.1. The van der Waals surface area contributed by atoms with Crippen molar-refractivity contribution in [1.82, 2.24) is 10.2 Å². The molecular formula is C13H20N2O3. The van der Waals surface area contributed by atoms with Crippen molar-refractivity contribution in [3.05, 3.63) is 24.2 Å². The average Bonchev–Trinajstić information content (AvgIpc) is 2.80. The van der Waals surface area contributed by atoms with Crippen molar-refractivity contribution < 1.29 is 14.0 Å². The van der Waals surface area contributed by atoms with Crippen LogP contribution in [0.25, 0.3) is 0 Å². The Balaban J connectivity index is 2.47. The van der Waals surface area contributed by atoms with Crippen molar-refractivity contribution >= 4 is 11.7 Å². The Hall–Kier alpha value is -1.62. The van der Waals surface area contributed by atoms with Crippen LogP contribution in [-0.2, 0) is 4.79 Å². The van der Waals surface area contributed by atoms with Crippen molar-refractivity contribution in [2.45, 2.75) is 26.8 Å². The number of likely N-dealkylation sites (N-methyl/N-ethyl adjacent to an activating group) is 1. The fourth-order valence-electron chi connectivity index (χ4n) is 1.57. The van der Waals surface area contributed by atoms with Crippen molar-refractivity contribution in [2.24, 2.45) is 0 Å². The van der Waals surface area contributed by atoms with Crippen LogP contribution in [0, 0.1) is 0 Å². The van der Waals surface area contributed by atoms with Crippen molar-refractivity contribution in [3.63, 3.8) is 0 Å². The lowest BCUT2D eigenvalue weighted by Crippen LogP contribution is -2.41. The number of rotatable bonds is 7. The quantitative estimate of drug-likeness (QED) is 0.743. The molecule has 0 spiro atoms. The Morgan fingerprint density at radius 1 is 1.39 bits per heavy atom. The third-order valence-electron chi connectivity index (χ3n) is 2.43. The second-order valence-corrected chi connectivity index (χ2v) is 4.43. The lowest BCUT2D eigenvalue weighted by molar-refractivity contribution is -0.122. The molecule has 0 fully saturated rings. The number of hydrogen-bond donors (Lipinski definition) is 1. The number of nitrogens with zero attached hydrogens (tertiary/aromatic N) is 1. The van der Waals surface area contributed by atoms with Gasteiger partial charge in [-0.2, -0.15) is 0 Å². The maximum Gasteiger partial charge on any atom is 0.234 e. The van der Waals surface area contributed by atoms with E-state index in [1.807, 2.05) is 20.8 Å². The Labute approximate surface area is 107 Å². The number of carbonyl (C=O) groups excluding carboxylic acids is 2. The molecule has 18 heavy (non-hydrogen) atoms. The zero-order valence-corrected chi connectivity index (χ0v) is 11.1. The van der Waals surface area contributed by atoms with Crippen LogP contribution in [0.5, 0.6) is 0 Å². The van der Waals surface area contributed by atoms with E-state index < -0.39 is 0 Å². The molecule has 5 nitrogen and oxygen atoms in total. The lowest BCUT2D eigenvalue weighted by atomic mass is 10.2. The first-order chi connectivity index (χ1) is 8.52. The molecule has 0 unspecified atom stereocenters. The molecule has 0 aromatic carbocycles. The van der Waals surface area contributed by atoms with Gasteiger partial charge in [-0.25, -0.2) is 0 Å². The molecule has 1 aromatic rings. The molecule has 0 radical (unpaired) electrons. The van der Waals surface area contributed by atoms with Gasteiger partial charge in [-0.3, -0.25) is 14.5 Å². The monoisotopic (exact) mass is 252 g/mol. The molecule has 1 amide bonds. The van der Waals surface area contributed by atoms with E-state index in [-0.39, 0.29) is 30.8 Å². The molecule has 0 aliphatic heterocycles. The van der Waals surface area contributed by atoms with Crippen LogP contribution in [0.1, 0.15) is 31.3 Å². The third kappa shape index (κ3) is 4.71. The van der Waals surface area contributed by atoms with Crippen molar-refractivity contribution in [2.75, 3.05) is 19.6 Å². The zero-order chi connectivity index (χ0) is 13.5. The van der Waals surface area contributed by atoms with Gasteiger partial charge < -0.3 is 9.73 Å². The first-order valence-electron chi connectivity index (χ1n) is 6.11. The van der Waals surface area contributed by atoms with Gasteiger partial charge in [0.2, 0.25) is 11.7 Å². The normalized spacial score (nSPS) is 10.9. The summed E-state index contributed by atoms with van der Waals surface area (Å²) in [4.78, 5) is 25.2. The second kappa shape index (κ2) is 6.96. The standard InChI is InChI=1S/C13H20N2O3/c1-4-15(9-13(17)14-10(2)3)8-11(16)12-6-5-7-18-12/h5-7,10H,4,8-9H2,1-3H3,(H,14,17). The largest absolute Gasteiger partial charge is 0.461 e. The fourth-order valence-corrected chi connectivity index (χ4v) is 1.57. The lowest BCUT2D eigenvalue weighted by Gasteiger charge is -2.19. The minimum atomic E-state index is -0.112.